The van der Waals surface area contributed by atoms with Gasteiger partial charge >= 0.3 is 35.5 Å². The average Bonchev–Trinajstić information content (AvgIpc) is 2.03. The fraction of sp³-hybridized carbons (Fsp3) is 0.111. The number of carboxylic acid groups (broad SMARTS) is 1. The van der Waals surface area contributed by atoms with E-state index in [4.69, 9.17) is 0 Å². The van der Waals surface area contributed by atoms with Crippen LogP contribution in [-0.4, -0.2) is 11.9 Å². The van der Waals surface area contributed by atoms with Crippen LogP contribution in [0.5, 0.6) is 5.75 Å². The number of ether oxygens (including phenoxy) is 1. The van der Waals surface area contributed by atoms with Crippen LogP contribution in [0.1, 0.15) is 17.3 Å². The Morgan fingerprint density at radius 2 is 1.86 bits per heavy atom. The zero-order valence-electron chi connectivity index (χ0n) is 7.94. The number of aromatic carboxylic acids is 1. The topological polar surface area (TPSA) is 66.4 Å². The van der Waals surface area contributed by atoms with E-state index in [1.54, 1.807) is 6.07 Å². The van der Waals surface area contributed by atoms with Gasteiger partial charge in [-0.3, -0.25) is 4.79 Å². The summed E-state index contributed by atoms with van der Waals surface area (Å²) < 4.78 is 4.65. The number of para-hydroxylation sites is 1. The van der Waals surface area contributed by atoms with E-state index in [9.17, 15) is 14.7 Å². The van der Waals surface area contributed by atoms with E-state index in [0.29, 0.717) is 0 Å². The van der Waals surface area contributed by atoms with E-state index >= 15 is 0 Å². The van der Waals surface area contributed by atoms with Gasteiger partial charge in [0, 0.05) is 12.5 Å². The van der Waals surface area contributed by atoms with Gasteiger partial charge in [0.05, 0.1) is 5.97 Å². The summed E-state index contributed by atoms with van der Waals surface area (Å²) in [5.41, 5.74) is -0.127. The quantitative estimate of drug-likeness (QED) is 0.291. The molecule has 0 aliphatic carbocycles. The second kappa shape index (κ2) is 5.80. The van der Waals surface area contributed by atoms with Gasteiger partial charge in [-0.05, 0) is 12.1 Å². The normalized spacial score (nSPS) is 8.64. The number of carboxylic acids is 1. The van der Waals surface area contributed by atoms with Gasteiger partial charge < -0.3 is 14.6 Å². The third-order valence-corrected chi connectivity index (χ3v) is 1.36. The molecule has 14 heavy (non-hydrogen) atoms. The van der Waals surface area contributed by atoms with Crippen molar-refractivity contribution < 1.29 is 49.0 Å². The predicted octanol–water partition coefficient (Wildman–Crippen LogP) is -3.02. The SMILES string of the molecule is CC(=O)Oc1ccccc1C(=O)[O-].[Na+]. The van der Waals surface area contributed by atoms with Gasteiger partial charge in [-0.15, -0.1) is 0 Å². The van der Waals surface area contributed by atoms with E-state index in [2.05, 4.69) is 4.74 Å². The van der Waals surface area contributed by atoms with Crippen molar-refractivity contribution in [2.45, 2.75) is 6.92 Å². The van der Waals surface area contributed by atoms with Crippen molar-refractivity contribution in [2.24, 2.45) is 0 Å². The summed E-state index contributed by atoms with van der Waals surface area (Å²) >= 11 is 0. The van der Waals surface area contributed by atoms with Crippen LogP contribution in [0.2, 0.25) is 0 Å². The standard InChI is InChI=1S/C9H8O4.Na/c1-6(10)13-8-5-3-2-4-7(8)9(11)12;/h2-5H,1H3,(H,11,12);/q;+1/p-1. The summed E-state index contributed by atoms with van der Waals surface area (Å²) in [5.74, 6) is -1.92. The minimum absolute atomic E-state index is 0. The fourth-order valence-electron chi connectivity index (χ4n) is 0.879. The molecular weight excluding hydrogens is 195 g/mol. The summed E-state index contributed by atoms with van der Waals surface area (Å²) in [4.78, 5) is 21.1. The molecule has 1 aromatic rings. The fourth-order valence-corrected chi connectivity index (χ4v) is 0.879. The summed E-state index contributed by atoms with van der Waals surface area (Å²) in [5, 5.41) is 10.5. The maximum absolute atomic E-state index is 10.6. The minimum atomic E-state index is -1.36. The molecule has 0 aliphatic rings. The van der Waals surface area contributed by atoms with Gasteiger partial charge in [0.1, 0.15) is 5.75 Å². The second-order valence-electron chi connectivity index (χ2n) is 2.38. The monoisotopic (exact) mass is 202 g/mol. The smallest absolute Gasteiger partial charge is 0.545 e. The van der Waals surface area contributed by atoms with E-state index in [1.807, 2.05) is 0 Å². The Bertz CT molecular complexity index is 348. The number of carbonyl (C=O) groups excluding carboxylic acids is 2. The van der Waals surface area contributed by atoms with Gasteiger partial charge in [0.2, 0.25) is 0 Å². The van der Waals surface area contributed by atoms with Crippen LogP contribution in [0.15, 0.2) is 24.3 Å². The second-order valence-corrected chi connectivity index (χ2v) is 2.38. The summed E-state index contributed by atoms with van der Waals surface area (Å²) in [6.07, 6.45) is 0. The zero-order valence-corrected chi connectivity index (χ0v) is 9.94. The van der Waals surface area contributed by atoms with Crippen molar-refractivity contribution in [3.05, 3.63) is 29.8 Å². The van der Waals surface area contributed by atoms with Crippen LogP contribution in [0.3, 0.4) is 0 Å². The molecule has 1 aromatic carbocycles. The van der Waals surface area contributed by atoms with Crippen molar-refractivity contribution in [1.29, 1.82) is 0 Å². The third-order valence-electron chi connectivity index (χ3n) is 1.36. The van der Waals surface area contributed by atoms with Gasteiger partial charge in [-0.25, -0.2) is 0 Å². The molecule has 0 atom stereocenters. The molecule has 0 amide bonds. The van der Waals surface area contributed by atoms with Crippen molar-refractivity contribution in [1.82, 2.24) is 0 Å². The summed E-state index contributed by atoms with van der Waals surface area (Å²) in [6, 6.07) is 5.81. The van der Waals surface area contributed by atoms with Gasteiger partial charge in [0.15, 0.2) is 0 Å². The van der Waals surface area contributed by atoms with Crippen LogP contribution in [0.25, 0.3) is 0 Å². The van der Waals surface area contributed by atoms with Crippen molar-refractivity contribution >= 4 is 11.9 Å². The third kappa shape index (κ3) is 3.49. The van der Waals surface area contributed by atoms with Crippen LogP contribution < -0.4 is 39.4 Å². The van der Waals surface area contributed by atoms with Crippen LogP contribution in [0.4, 0.5) is 0 Å². The van der Waals surface area contributed by atoms with Crippen molar-refractivity contribution in [3.63, 3.8) is 0 Å². The van der Waals surface area contributed by atoms with Crippen LogP contribution >= 0.6 is 0 Å². The Kier molecular flexibility index (Phi) is 5.45. The number of esters is 1. The van der Waals surface area contributed by atoms with Gasteiger partial charge in [0.25, 0.3) is 0 Å². The molecule has 0 fully saturated rings. The molecule has 0 unspecified atom stereocenters. The first kappa shape index (κ1) is 13.2. The molecule has 0 saturated heterocycles. The molecule has 0 spiro atoms. The molecule has 68 valence electrons. The Balaban J connectivity index is 0.00000169. The first-order valence-electron chi connectivity index (χ1n) is 3.60. The molecule has 4 nitrogen and oxygen atoms in total. The van der Waals surface area contributed by atoms with Gasteiger partial charge in [-0.1, -0.05) is 12.1 Å². The largest absolute Gasteiger partial charge is 1.00 e. The Morgan fingerprint density at radius 1 is 1.29 bits per heavy atom. The number of carbonyl (C=O) groups is 2. The van der Waals surface area contributed by atoms with E-state index in [0.717, 1.165) is 0 Å². The Labute approximate surface area is 103 Å². The van der Waals surface area contributed by atoms with Gasteiger partial charge in [-0.2, -0.15) is 0 Å². The van der Waals surface area contributed by atoms with Crippen molar-refractivity contribution in [2.75, 3.05) is 0 Å². The predicted molar refractivity (Wildman–Crippen MR) is 42.1 cm³/mol. The van der Waals surface area contributed by atoms with E-state index < -0.39 is 11.9 Å². The zero-order chi connectivity index (χ0) is 9.84. The van der Waals surface area contributed by atoms with E-state index in [-0.39, 0.29) is 40.9 Å². The number of rotatable bonds is 2. The van der Waals surface area contributed by atoms with Crippen molar-refractivity contribution in [3.8, 4) is 5.75 Å². The Hall–Kier alpha value is -0.840. The number of hydrogen-bond acceptors (Lipinski definition) is 4. The molecule has 1 rings (SSSR count). The first-order chi connectivity index (χ1) is 6.11. The average molecular weight is 202 g/mol. The van der Waals surface area contributed by atoms with Crippen LogP contribution in [-0.2, 0) is 4.79 Å². The first-order valence-corrected chi connectivity index (χ1v) is 3.60. The Morgan fingerprint density at radius 3 is 2.36 bits per heavy atom. The number of benzene rings is 1. The molecule has 0 aliphatic heterocycles. The molecule has 0 radical (unpaired) electrons. The molecule has 0 aromatic heterocycles. The molecule has 0 bridgehead atoms. The minimum Gasteiger partial charge on any atom is -0.545 e. The molecule has 5 heteroatoms. The summed E-state index contributed by atoms with van der Waals surface area (Å²) in [6.45, 7) is 1.20. The van der Waals surface area contributed by atoms with Crippen LogP contribution in [0, 0.1) is 0 Å². The van der Waals surface area contributed by atoms with E-state index in [1.165, 1.54) is 25.1 Å². The molecule has 0 N–H and O–H groups in total. The maximum Gasteiger partial charge on any atom is 1.00 e. The molecule has 0 saturated carbocycles. The molecule has 0 heterocycles. The summed E-state index contributed by atoms with van der Waals surface area (Å²) in [7, 11) is 0. The maximum atomic E-state index is 10.6. The number of hydrogen-bond donors (Lipinski definition) is 0. The molecular formula is C9H7NaO4.